The van der Waals surface area contributed by atoms with Gasteiger partial charge in [-0.2, -0.15) is 0 Å². The zero-order valence-electron chi connectivity index (χ0n) is 12.6. The van der Waals surface area contributed by atoms with Crippen LogP contribution < -0.4 is 14.8 Å². The molecular weight excluding hydrogens is 259 g/mol. The second kappa shape index (κ2) is 5.31. The Kier molecular flexibility index (Phi) is 3.88. The van der Waals surface area contributed by atoms with Crippen molar-refractivity contribution in [2.75, 3.05) is 20.3 Å². The summed E-state index contributed by atoms with van der Waals surface area (Å²) in [5.41, 5.74) is 0.925. The minimum absolute atomic E-state index is 0.161. The van der Waals surface area contributed by atoms with Gasteiger partial charge in [-0.25, -0.2) is 4.39 Å². The van der Waals surface area contributed by atoms with Gasteiger partial charge in [0.15, 0.2) is 17.3 Å². The molecule has 0 radical (unpaired) electrons. The first-order valence-electron chi connectivity index (χ1n) is 6.84. The van der Waals surface area contributed by atoms with Gasteiger partial charge < -0.3 is 14.8 Å². The predicted molar refractivity (Wildman–Crippen MR) is 77.4 cm³/mol. The number of hydrogen-bond acceptors (Lipinski definition) is 3. The number of ether oxygens (including phenoxy) is 2. The summed E-state index contributed by atoms with van der Waals surface area (Å²) in [7, 11) is 1.64. The van der Waals surface area contributed by atoms with Gasteiger partial charge in [-0.15, -0.1) is 0 Å². The number of benzene rings is 1. The molecule has 5 heteroatoms. The largest absolute Gasteiger partial charge is 0.490 e. The van der Waals surface area contributed by atoms with E-state index in [2.05, 4.69) is 10.3 Å². The molecule has 0 saturated carbocycles. The smallest absolute Gasteiger partial charge is 0.197 e. The van der Waals surface area contributed by atoms with E-state index in [1.54, 1.807) is 7.05 Å². The Balaban J connectivity index is 2.70. The fourth-order valence-electron chi connectivity index (χ4n) is 2.47. The number of rotatable bonds is 4. The number of nitrogens with one attached hydrogen (secondary N) is 1. The summed E-state index contributed by atoms with van der Waals surface area (Å²) in [6, 6.07) is 1.85. The summed E-state index contributed by atoms with van der Waals surface area (Å²) in [6.07, 6.45) is 0. The molecule has 0 saturated heterocycles. The first-order valence-corrected chi connectivity index (χ1v) is 6.84. The molecule has 20 heavy (non-hydrogen) atoms. The molecule has 1 aliphatic rings. The van der Waals surface area contributed by atoms with Crippen LogP contribution in [0.3, 0.4) is 0 Å². The Hall–Kier alpha value is -1.78. The highest BCUT2D eigenvalue weighted by Crippen LogP contribution is 2.42. The van der Waals surface area contributed by atoms with E-state index >= 15 is 0 Å². The molecule has 0 aromatic heterocycles. The third-order valence-corrected chi connectivity index (χ3v) is 3.34. The average molecular weight is 280 g/mol. The normalized spacial score (nSPS) is 17.8. The van der Waals surface area contributed by atoms with Crippen LogP contribution in [0.2, 0.25) is 0 Å². The molecule has 0 aliphatic carbocycles. The molecule has 0 fully saturated rings. The van der Waals surface area contributed by atoms with Gasteiger partial charge in [0.05, 0.1) is 24.3 Å². The Bertz CT molecular complexity index is 553. The van der Waals surface area contributed by atoms with Crippen LogP contribution in [0, 0.1) is 5.82 Å². The average Bonchev–Trinajstić information content (AvgIpc) is 2.66. The summed E-state index contributed by atoms with van der Waals surface area (Å²) in [6.45, 7) is 8.49. The number of aliphatic imine (C=N–C) groups is 1. The van der Waals surface area contributed by atoms with Gasteiger partial charge in [0.1, 0.15) is 5.84 Å². The van der Waals surface area contributed by atoms with Crippen molar-refractivity contribution in [3.8, 4) is 11.5 Å². The number of amidine groups is 1. The first-order chi connectivity index (χ1) is 9.46. The minimum Gasteiger partial charge on any atom is -0.490 e. The molecule has 1 heterocycles. The number of fused-ring (bicyclic) bond motifs is 1. The van der Waals surface area contributed by atoms with E-state index in [1.165, 1.54) is 0 Å². The lowest BCUT2D eigenvalue weighted by Crippen LogP contribution is -2.33. The van der Waals surface area contributed by atoms with Crippen molar-refractivity contribution in [1.29, 1.82) is 0 Å². The van der Waals surface area contributed by atoms with Crippen LogP contribution in [0.4, 0.5) is 4.39 Å². The molecule has 0 spiro atoms. The SMILES string of the molecule is CCOc1cc2c(c(F)c1OCC)C(=NC)NC2(C)C. The zero-order valence-corrected chi connectivity index (χ0v) is 12.6. The van der Waals surface area contributed by atoms with Gasteiger partial charge in [-0.1, -0.05) is 0 Å². The van der Waals surface area contributed by atoms with Gasteiger partial charge in [0.25, 0.3) is 0 Å². The van der Waals surface area contributed by atoms with Crippen LogP contribution in [-0.4, -0.2) is 26.1 Å². The summed E-state index contributed by atoms with van der Waals surface area (Å²) >= 11 is 0. The highest BCUT2D eigenvalue weighted by Gasteiger charge is 2.38. The van der Waals surface area contributed by atoms with Gasteiger partial charge in [0, 0.05) is 7.05 Å². The maximum absolute atomic E-state index is 14.8. The second-order valence-corrected chi connectivity index (χ2v) is 5.13. The van der Waals surface area contributed by atoms with E-state index < -0.39 is 5.82 Å². The van der Waals surface area contributed by atoms with Gasteiger partial charge in [0.2, 0.25) is 0 Å². The molecule has 0 bridgehead atoms. The molecule has 0 unspecified atom stereocenters. The Morgan fingerprint density at radius 3 is 2.45 bits per heavy atom. The lowest BCUT2D eigenvalue weighted by atomic mass is 9.93. The van der Waals surface area contributed by atoms with E-state index in [-0.39, 0.29) is 11.3 Å². The minimum atomic E-state index is -0.411. The molecule has 0 amide bonds. The van der Waals surface area contributed by atoms with E-state index in [9.17, 15) is 4.39 Å². The fourth-order valence-corrected chi connectivity index (χ4v) is 2.47. The third-order valence-electron chi connectivity index (χ3n) is 3.34. The topological polar surface area (TPSA) is 42.9 Å². The number of hydrogen-bond donors (Lipinski definition) is 1. The van der Waals surface area contributed by atoms with E-state index in [4.69, 9.17) is 9.47 Å². The molecule has 4 nitrogen and oxygen atoms in total. The van der Waals surface area contributed by atoms with Gasteiger partial charge >= 0.3 is 0 Å². The Morgan fingerprint density at radius 1 is 1.25 bits per heavy atom. The predicted octanol–water partition coefficient (Wildman–Crippen LogP) is 2.84. The molecule has 1 aromatic carbocycles. The molecule has 2 rings (SSSR count). The van der Waals surface area contributed by atoms with Crippen molar-refractivity contribution in [3.05, 3.63) is 23.0 Å². The van der Waals surface area contributed by atoms with Crippen LogP contribution in [-0.2, 0) is 5.54 Å². The zero-order chi connectivity index (χ0) is 14.9. The Labute approximate surface area is 119 Å². The standard InChI is InChI=1S/C15H21FN2O2/c1-6-19-10-8-9-11(12(16)13(10)20-7-2)14(17-5)18-15(9,3)4/h8H,6-7H2,1-5H3,(H,17,18). The van der Waals surface area contributed by atoms with E-state index in [0.717, 1.165) is 5.56 Å². The van der Waals surface area contributed by atoms with Crippen LogP contribution in [0.25, 0.3) is 0 Å². The third kappa shape index (κ3) is 2.21. The monoisotopic (exact) mass is 280 g/mol. The molecule has 0 atom stereocenters. The van der Waals surface area contributed by atoms with Crippen LogP contribution in [0.15, 0.2) is 11.1 Å². The fraction of sp³-hybridized carbons (Fsp3) is 0.533. The van der Waals surface area contributed by atoms with Crippen LogP contribution in [0.5, 0.6) is 11.5 Å². The maximum atomic E-state index is 14.8. The van der Waals surface area contributed by atoms with Crippen molar-refractivity contribution in [2.45, 2.75) is 33.2 Å². The van der Waals surface area contributed by atoms with Crippen LogP contribution >= 0.6 is 0 Å². The summed E-state index contributed by atoms with van der Waals surface area (Å²) in [4.78, 5) is 4.13. The van der Waals surface area contributed by atoms with Crippen molar-refractivity contribution >= 4 is 5.84 Å². The lowest BCUT2D eigenvalue weighted by Gasteiger charge is -2.21. The van der Waals surface area contributed by atoms with E-state index in [1.807, 2.05) is 33.8 Å². The maximum Gasteiger partial charge on any atom is 0.197 e. The summed E-state index contributed by atoms with van der Waals surface area (Å²) in [5, 5.41) is 3.22. The first kappa shape index (κ1) is 14.6. The van der Waals surface area contributed by atoms with E-state index in [0.29, 0.717) is 30.4 Å². The highest BCUT2D eigenvalue weighted by atomic mass is 19.1. The molecular formula is C15H21FN2O2. The quantitative estimate of drug-likeness (QED) is 0.922. The van der Waals surface area contributed by atoms with Crippen LogP contribution in [0.1, 0.15) is 38.8 Å². The van der Waals surface area contributed by atoms with Gasteiger partial charge in [-0.05, 0) is 39.3 Å². The molecule has 1 aliphatic heterocycles. The number of nitrogens with zero attached hydrogens (tertiary/aromatic N) is 1. The molecule has 110 valence electrons. The molecule has 1 N–H and O–H groups in total. The van der Waals surface area contributed by atoms with Gasteiger partial charge in [-0.3, -0.25) is 4.99 Å². The molecule has 1 aromatic rings. The summed E-state index contributed by atoms with van der Waals surface area (Å²) < 4.78 is 25.7. The van der Waals surface area contributed by atoms with Crippen molar-refractivity contribution in [1.82, 2.24) is 5.32 Å². The van der Waals surface area contributed by atoms with Crippen molar-refractivity contribution < 1.29 is 13.9 Å². The lowest BCUT2D eigenvalue weighted by molar-refractivity contribution is 0.274. The second-order valence-electron chi connectivity index (χ2n) is 5.13. The number of halogens is 1. The van der Waals surface area contributed by atoms with Crippen molar-refractivity contribution in [3.63, 3.8) is 0 Å². The Morgan fingerprint density at radius 2 is 1.90 bits per heavy atom. The summed E-state index contributed by atoms with van der Waals surface area (Å²) in [5.74, 6) is 0.740. The van der Waals surface area contributed by atoms with Crippen molar-refractivity contribution in [2.24, 2.45) is 4.99 Å². The highest BCUT2D eigenvalue weighted by molar-refractivity contribution is 6.04.